The van der Waals surface area contributed by atoms with Gasteiger partial charge in [0.25, 0.3) is 0 Å². The van der Waals surface area contributed by atoms with Gasteiger partial charge in [-0.1, -0.05) is 0 Å². The van der Waals surface area contributed by atoms with Crippen LogP contribution in [-0.2, 0) is 14.6 Å². The molecule has 2 atom stereocenters. The van der Waals surface area contributed by atoms with Crippen LogP contribution in [-0.4, -0.2) is 50.0 Å². The normalized spacial score (nSPS) is 27.4. The highest BCUT2D eigenvalue weighted by molar-refractivity contribution is 7.90. The first-order valence-corrected chi connectivity index (χ1v) is 7.11. The lowest BCUT2D eigenvalue weighted by molar-refractivity contribution is -0.129. The first kappa shape index (κ1) is 12.4. The van der Waals surface area contributed by atoms with Gasteiger partial charge in [0.2, 0.25) is 5.91 Å². The molecule has 0 aromatic heterocycles. The number of rotatable bonds is 4. The van der Waals surface area contributed by atoms with Crippen molar-refractivity contribution >= 4 is 15.7 Å². The first-order valence-electron chi connectivity index (χ1n) is 5.05. The minimum absolute atomic E-state index is 0.00654. The highest BCUT2D eigenvalue weighted by atomic mass is 32.2. The number of sulfone groups is 1. The third kappa shape index (κ3) is 3.46. The summed E-state index contributed by atoms with van der Waals surface area (Å²) in [5.41, 5.74) is 0. The van der Waals surface area contributed by atoms with Gasteiger partial charge in [-0.3, -0.25) is 10.1 Å². The number of hydrogen-bond donors (Lipinski definition) is 1. The van der Waals surface area contributed by atoms with Crippen molar-refractivity contribution in [3.8, 4) is 0 Å². The standard InChI is InChI=1S/C9H18N2O3S/c1-7-9(12)11(8(2)10-7)5-4-6-15(3,13)14/h7-8,10H,4-6H2,1-3H3. The molecule has 0 aliphatic carbocycles. The summed E-state index contributed by atoms with van der Waals surface area (Å²) in [6.45, 7) is 4.22. The summed E-state index contributed by atoms with van der Waals surface area (Å²) >= 11 is 0. The fraction of sp³-hybridized carbons (Fsp3) is 0.889. The summed E-state index contributed by atoms with van der Waals surface area (Å²) in [5.74, 6) is 0.189. The maximum absolute atomic E-state index is 11.6. The number of carbonyl (C=O) groups excluding carboxylic acids is 1. The SMILES string of the molecule is CC1NC(C)N(CCCS(C)(=O)=O)C1=O. The summed E-state index contributed by atoms with van der Waals surface area (Å²) in [7, 11) is -2.92. The Hall–Kier alpha value is -0.620. The number of nitrogens with zero attached hydrogens (tertiary/aromatic N) is 1. The average Bonchev–Trinajstić information content (AvgIpc) is 2.29. The smallest absolute Gasteiger partial charge is 0.240 e. The summed E-state index contributed by atoms with van der Waals surface area (Å²) < 4.78 is 21.8. The van der Waals surface area contributed by atoms with Gasteiger partial charge < -0.3 is 4.90 Å². The third-order valence-electron chi connectivity index (χ3n) is 2.53. The van der Waals surface area contributed by atoms with Gasteiger partial charge in [0.1, 0.15) is 9.84 Å². The van der Waals surface area contributed by atoms with Crippen LogP contribution < -0.4 is 5.32 Å². The van der Waals surface area contributed by atoms with Crippen LogP contribution in [0.3, 0.4) is 0 Å². The molecule has 1 heterocycles. The summed E-state index contributed by atoms with van der Waals surface area (Å²) in [6, 6.07) is -0.154. The molecule has 5 nitrogen and oxygen atoms in total. The fourth-order valence-electron chi connectivity index (χ4n) is 1.76. The van der Waals surface area contributed by atoms with E-state index in [0.717, 1.165) is 0 Å². The van der Waals surface area contributed by atoms with Gasteiger partial charge in [0, 0.05) is 12.8 Å². The topological polar surface area (TPSA) is 66.5 Å². The number of nitrogens with one attached hydrogen (secondary N) is 1. The van der Waals surface area contributed by atoms with Crippen molar-refractivity contribution in [3.05, 3.63) is 0 Å². The second kappa shape index (κ2) is 4.49. The van der Waals surface area contributed by atoms with E-state index in [4.69, 9.17) is 0 Å². The Balaban J connectivity index is 2.42. The van der Waals surface area contributed by atoms with E-state index in [9.17, 15) is 13.2 Å². The van der Waals surface area contributed by atoms with E-state index in [2.05, 4.69) is 5.32 Å². The van der Waals surface area contributed by atoms with Crippen molar-refractivity contribution in [2.75, 3.05) is 18.6 Å². The number of amides is 1. The zero-order valence-corrected chi connectivity index (χ0v) is 10.2. The van der Waals surface area contributed by atoms with Crippen LogP contribution in [0.5, 0.6) is 0 Å². The Morgan fingerprint density at radius 2 is 2.00 bits per heavy atom. The lowest BCUT2D eigenvalue weighted by Gasteiger charge is -2.20. The fourth-order valence-corrected chi connectivity index (χ4v) is 2.42. The molecule has 0 bridgehead atoms. The largest absolute Gasteiger partial charge is 0.326 e. The predicted molar refractivity (Wildman–Crippen MR) is 58.1 cm³/mol. The Kier molecular flexibility index (Phi) is 3.72. The van der Waals surface area contributed by atoms with Crippen LogP contribution in [0, 0.1) is 0 Å². The quantitative estimate of drug-likeness (QED) is 0.718. The van der Waals surface area contributed by atoms with Gasteiger partial charge in [-0.15, -0.1) is 0 Å². The molecule has 1 rings (SSSR count). The molecule has 2 unspecified atom stereocenters. The minimum atomic E-state index is -2.92. The molecule has 6 heteroatoms. The van der Waals surface area contributed by atoms with Crippen LogP contribution in [0.25, 0.3) is 0 Å². The molecule has 0 aromatic rings. The van der Waals surface area contributed by atoms with Gasteiger partial charge in [0.05, 0.1) is 18.0 Å². The first-order chi connectivity index (χ1) is 6.81. The Labute approximate surface area is 90.7 Å². The molecule has 1 amide bonds. The zero-order valence-electron chi connectivity index (χ0n) is 9.36. The Morgan fingerprint density at radius 3 is 2.40 bits per heavy atom. The predicted octanol–water partition coefficient (Wildman–Crippen LogP) is -0.413. The lowest BCUT2D eigenvalue weighted by Crippen LogP contribution is -2.36. The minimum Gasteiger partial charge on any atom is -0.326 e. The van der Waals surface area contributed by atoms with Crippen LogP contribution >= 0.6 is 0 Å². The second-order valence-electron chi connectivity index (χ2n) is 4.08. The molecular formula is C9H18N2O3S. The van der Waals surface area contributed by atoms with Crippen LogP contribution in [0.1, 0.15) is 20.3 Å². The van der Waals surface area contributed by atoms with Crippen molar-refractivity contribution in [2.24, 2.45) is 0 Å². The van der Waals surface area contributed by atoms with Gasteiger partial charge in [-0.05, 0) is 20.3 Å². The highest BCUT2D eigenvalue weighted by Gasteiger charge is 2.32. The molecule has 15 heavy (non-hydrogen) atoms. The molecule has 0 spiro atoms. The lowest BCUT2D eigenvalue weighted by atomic mass is 10.3. The molecule has 1 aliphatic rings. The van der Waals surface area contributed by atoms with E-state index in [0.29, 0.717) is 13.0 Å². The summed E-state index contributed by atoms with van der Waals surface area (Å²) in [4.78, 5) is 13.3. The van der Waals surface area contributed by atoms with Crippen molar-refractivity contribution < 1.29 is 13.2 Å². The molecule has 0 aromatic carbocycles. The van der Waals surface area contributed by atoms with Crippen LogP contribution in [0.15, 0.2) is 0 Å². The van der Waals surface area contributed by atoms with Gasteiger partial charge in [-0.2, -0.15) is 0 Å². The molecule has 1 saturated heterocycles. The van der Waals surface area contributed by atoms with Crippen molar-refractivity contribution in [2.45, 2.75) is 32.5 Å². The average molecular weight is 234 g/mol. The monoisotopic (exact) mass is 234 g/mol. The Morgan fingerprint density at radius 1 is 1.40 bits per heavy atom. The van der Waals surface area contributed by atoms with Gasteiger partial charge in [0.15, 0.2) is 0 Å². The maximum atomic E-state index is 11.6. The number of carbonyl (C=O) groups is 1. The molecule has 1 N–H and O–H groups in total. The van der Waals surface area contributed by atoms with Crippen LogP contribution in [0.2, 0.25) is 0 Å². The van der Waals surface area contributed by atoms with Crippen LogP contribution in [0.4, 0.5) is 0 Å². The molecule has 1 aliphatic heterocycles. The molecular weight excluding hydrogens is 216 g/mol. The van der Waals surface area contributed by atoms with E-state index in [1.165, 1.54) is 6.26 Å². The van der Waals surface area contributed by atoms with E-state index in [-0.39, 0.29) is 23.9 Å². The van der Waals surface area contributed by atoms with Gasteiger partial charge in [-0.25, -0.2) is 8.42 Å². The van der Waals surface area contributed by atoms with Gasteiger partial charge >= 0.3 is 0 Å². The molecule has 0 saturated carbocycles. The van der Waals surface area contributed by atoms with Crippen molar-refractivity contribution in [1.29, 1.82) is 0 Å². The zero-order chi connectivity index (χ0) is 11.6. The summed E-state index contributed by atoms with van der Waals surface area (Å²) in [5, 5.41) is 3.09. The van der Waals surface area contributed by atoms with E-state index >= 15 is 0 Å². The highest BCUT2D eigenvalue weighted by Crippen LogP contribution is 2.10. The molecule has 88 valence electrons. The van der Waals surface area contributed by atoms with Crippen molar-refractivity contribution in [3.63, 3.8) is 0 Å². The van der Waals surface area contributed by atoms with Crippen molar-refractivity contribution in [1.82, 2.24) is 10.2 Å². The number of hydrogen-bond acceptors (Lipinski definition) is 4. The van der Waals surface area contributed by atoms with E-state index in [1.807, 2.05) is 13.8 Å². The second-order valence-corrected chi connectivity index (χ2v) is 6.34. The van der Waals surface area contributed by atoms with E-state index < -0.39 is 9.84 Å². The molecule has 0 radical (unpaired) electrons. The maximum Gasteiger partial charge on any atom is 0.240 e. The van der Waals surface area contributed by atoms with E-state index in [1.54, 1.807) is 4.90 Å². The third-order valence-corrected chi connectivity index (χ3v) is 3.56. The Bertz CT molecular complexity index is 339. The summed E-state index contributed by atoms with van der Waals surface area (Å²) in [6.07, 6.45) is 1.72. The molecule has 1 fully saturated rings.